The Morgan fingerprint density at radius 3 is 2.42 bits per heavy atom. The number of carbonyl (C=O) groups excluding carboxylic acids is 2. The highest BCUT2D eigenvalue weighted by atomic mass is 16.4. The molecule has 1 N–H and O–H groups in total. The number of hydrogen-bond donors (Lipinski definition) is 1. The number of benzene rings is 1. The molecule has 1 saturated heterocycles. The van der Waals surface area contributed by atoms with Gasteiger partial charge < -0.3 is 9.32 Å². The van der Waals surface area contributed by atoms with Crippen LogP contribution in [-0.4, -0.2) is 34.8 Å². The molecule has 2 heterocycles. The van der Waals surface area contributed by atoms with Crippen LogP contribution < -0.4 is 5.32 Å². The summed E-state index contributed by atoms with van der Waals surface area (Å²) in [5.74, 6) is 0.828. The van der Waals surface area contributed by atoms with Crippen LogP contribution in [0, 0.1) is 19.8 Å². The molecule has 1 aliphatic heterocycles. The van der Waals surface area contributed by atoms with Crippen LogP contribution in [0.15, 0.2) is 34.7 Å². The molecule has 0 saturated carbocycles. The van der Waals surface area contributed by atoms with Crippen molar-refractivity contribution in [3.63, 3.8) is 0 Å². The summed E-state index contributed by atoms with van der Waals surface area (Å²) in [6.45, 7) is 4.73. The fourth-order valence-corrected chi connectivity index (χ4v) is 2.88. The SMILES string of the molecule is Cc1nc(NC(=O)N2CCC(C(=O)c3ccccc3)CC2)oc1C. The van der Waals surface area contributed by atoms with E-state index < -0.39 is 0 Å². The maximum Gasteiger partial charge on any atom is 0.325 e. The van der Waals surface area contributed by atoms with Gasteiger partial charge in [-0.1, -0.05) is 30.3 Å². The summed E-state index contributed by atoms with van der Waals surface area (Å²) in [4.78, 5) is 30.6. The van der Waals surface area contributed by atoms with Crippen molar-refractivity contribution in [1.29, 1.82) is 0 Å². The van der Waals surface area contributed by atoms with E-state index in [0.717, 1.165) is 11.3 Å². The molecule has 24 heavy (non-hydrogen) atoms. The first-order valence-electron chi connectivity index (χ1n) is 8.14. The van der Waals surface area contributed by atoms with E-state index in [9.17, 15) is 9.59 Å². The number of nitrogens with zero attached hydrogens (tertiary/aromatic N) is 2. The first kappa shape index (κ1) is 16.2. The first-order chi connectivity index (χ1) is 11.5. The average Bonchev–Trinajstić information content (AvgIpc) is 2.92. The summed E-state index contributed by atoms with van der Waals surface area (Å²) in [6, 6.07) is 9.31. The molecular weight excluding hydrogens is 306 g/mol. The van der Waals surface area contributed by atoms with Crippen molar-refractivity contribution in [2.75, 3.05) is 18.4 Å². The second kappa shape index (κ2) is 6.86. The van der Waals surface area contributed by atoms with Crippen LogP contribution in [0.4, 0.5) is 10.8 Å². The Kier molecular flexibility index (Phi) is 4.64. The zero-order valence-electron chi connectivity index (χ0n) is 13.9. The zero-order chi connectivity index (χ0) is 17.1. The summed E-state index contributed by atoms with van der Waals surface area (Å²) < 4.78 is 5.37. The van der Waals surface area contributed by atoms with Crippen LogP contribution >= 0.6 is 0 Å². The molecule has 0 aliphatic carbocycles. The monoisotopic (exact) mass is 327 g/mol. The molecule has 0 radical (unpaired) electrons. The number of ketones is 1. The summed E-state index contributed by atoms with van der Waals surface area (Å²) in [6.07, 6.45) is 1.34. The number of likely N-dealkylation sites (tertiary alicyclic amines) is 1. The van der Waals surface area contributed by atoms with E-state index in [1.165, 1.54) is 0 Å². The molecular formula is C18H21N3O3. The molecule has 0 bridgehead atoms. The normalized spacial score (nSPS) is 15.3. The van der Waals surface area contributed by atoms with Gasteiger partial charge in [0.15, 0.2) is 5.78 Å². The van der Waals surface area contributed by atoms with Gasteiger partial charge in [-0.2, -0.15) is 4.98 Å². The number of rotatable bonds is 3. The number of aryl methyl sites for hydroxylation is 2. The fourth-order valence-electron chi connectivity index (χ4n) is 2.88. The molecule has 6 heteroatoms. The van der Waals surface area contributed by atoms with Crippen molar-refractivity contribution in [3.05, 3.63) is 47.3 Å². The zero-order valence-corrected chi connectivity index (χ0v) is 13.9. The lowest BCUT2D eigenvalue weighted by Gasteiger charge is -2.30. The lowest BCUT2D eigenvalue weighted by Crippen LogP contribution is -2.42. The van der Waals surface area contributed by atoms with Gasteiger partial charge >= 0.3 is 12.0 Å². The largest absolute Gasteiger partial charge is 0.428 e. The Bertz CT molecular complexity index is 712. The van der Waals surface area contributed by atoms with Gasteiger partial charge in [-0.3, -0.25) is 10.1 Å². The van der Waals surface area contributed by atoms with Gasteiger partial charge in [0.25, 0.3) is 0 Å². The summed E-state index contributed by atoms with van der Waals surface area (Å²) >= 11 is 0. The Morgan fingerprint density at radius 2 is 1.83 bits per heavy atom. The van der Waals surface area contributed by atoms with Crippen LogP contribution in [0.2, 0.25) is 0 Å². The third kappa shape index (κ3) is 3.48. The Hall–Kier alpha value is -2.63. The predicted octanol–water partition coefficient (Wildman–Crippen LogP) is 3.42. The van der Waals surface area contributed by atoms with Crippen molar-refractivity contribution in [2.45, 2.75) is 26.7 Å². The Balaban J connectivity index is 1.55. The van der Waals surface area contributed by atoms with Crippen molar-refractivity contribution < 1.29 is 14.0 Å². The second-order valence-electron chi connectivity index (χ2n) is 6.08. The number of urea groups is 1. The third-order valence-electron chi connectivity index (χ3n) is 4.45. The quantitative estimate of drug-likeness (QED) is 0.877. The van der Waals surface area contributed by atoms with Crippen LogP contribution in [0.3, 0.4) is 0 Å². The van der Waals surface area contributed by atoms with Gasteiger partial charge in [0.1, 0.15) is 5.76 Å². The van der Waals surface area contributed by atoms with E-state index in [4.69, 9.17) is 4.42 Å². The number of hydrogen-bond acceptors (Lipinski definition) is 4. The predicted molar refractivity (Wildman–Crippen MR) is 90.1 cm³/mol. The summed E-state index contributed by atoms with van der Waals surface area (Å²) in [7, 11) is 0. The minimum absolute atomic E-state index is 0.0253. The lowest BCUT2D eigenvalue weighted by molar-refractivity contribution is 0.0859. The van der Waals surface area contributed by atoms with Crippen LogP contribution in [0.1, 0.15) is 34.7 Å². The molecule has 0 unspecified atom stereocenters. The van der Waals surface area contributed by atoms with Crippen LogP contribution in [0.25, 0.3) is 0 Å². The Morgan fingerprint density at radius 1 is 1.17 bits per heavy atom. The molecule has 1 fully saturated rings. The topological polar surface area (TPSA) is 75.4 Å². The number of carbonyl (C=O) groups is 2. The van der Waals surface area contributed by atoms with Gasteiger partial charge in [0.2, 0.25) is 0 Å². The number of piperidine rings is 1. The van der Waals surface area contributed by atoms with E-state index in [-0.39, 0.29) is 23.7 Å². The molecule has 1 aromatic heterocycles. The van der Waals surface area contributed by atoms with E-state index in [1.807, 2.05) is 37.3 Å². The molecule has 6 nitrogen and oxygen atoms in total. The summed E-state index contributed by atoms with van der Waals surface area (Å²) in [5, 5.41) is 2.67. The van der Waals surface area contributed by atoms with Crippen molar-refractivity contribution in [3.8, 4) is 0 Å². The number of oxazole rings is 1. The molecule has 0 spiro atoms. The van der Waals surface area contributed by atoms with Gasteiger partial charge in [0, 0.05) is 24.6 Å². The summed E-state index contributed by atoms with van der Waals surface area (Å²) in [5.41, 5.74) is 1.50. The molecule has 1 aromatic carbocycles. The number of amides is 2. The van der Waals surface area contributed by atoms with Gasteiger partial charge in [0.05, 0.1) is 5.69 Å². The molecule has 1 aliphatic rings. The maximum atomic E-state index is 12.5. The highest BCUT2D eigenvalue weighted by molar-refractivity contribution is 5.98. The highest BCUT2D eigenvalue weighted by Crippen LogP contribution is 2.22. The Labute approximate surface area is 140 Å². The third-order valence-corrected chi connectivity index (χ3v) is 4.45. The smallest absolute Gasteiger partial charge is 0.325 e. The van der Waals surface area contributed by atoms with E-state index >= 15 is 0 Å². The highest BCUT2D eigenvalue weighted by Gasteiger charge is 2.28. The molecule has 2 aromatic rings. The van der Waals surface area contributed by atoms with Gasteiger partial charge in [-0.25, -0.2) is 4.79 Å². The van der Waals surface area contributed by atoms with Crippen LogP contribution in [0.5, 0.6) is 0 Å². The van der Waals surface area contributed by atoms with Gasteiger partial charge in [-0.15, -0.1) is 0 Å². The minimum Gasteiger partial charge on any atom is -0.428 e. The van der Waals surface area contributed by atoms with Gasteiger partial charge in [-0.05, 0) is 26.7 Å². The van der Waals surface area contributed by atoms with E-state index in [2.05, 4.69) is 10.3 Å². The fraction of sp³-hybridized carbons (Fsp3) is 0.389. The van der Waals surface area contributed by atoms with E-state index in [0.29, 0.717) is 31.7 Å². The minimum atomic E-state index is -0.234. The number of nitrogens with one attached hydrogen (secondary N) is 1. The molecule has 0 atom stereocenters. The molecule has 126 valence electrons. The average molecular weight is 327 g/mol. The maximum absolute atomic E-state index is 12.5. The van der Waals surface area contributed by atoms with Crippen LogP contribution in [-0.2, 0) is 0 Å². The molecule has 2 amide bonds. The van der Waals surface area contributed by atoms with Crippen molar-refractivity contribution >= 4 is 17.8 Å². The first-order valence-corrected chi connectivity index (χ1v) is 8.14. The standard InChI is InChI=1S/C18H21N3O3/c1-12-13(2)24-17(19-12)20-18(23)21-10-8-15(9-11-21)16(22)14-6-4-3-5-7-14/h3-7,15H,8-11H2,1-2H3,(H,19,20,23). The number of anilines is 1. The number of aromatic nitrogens is 1. The lowest BCUT2D eigenvalue weighted by atomic mass is 9.89. The van der Waals surface area contributed by atoms with Crippen molar-refractivity contribution in [1.82, 2.24) is 9.88 Å². The van der Waals surface area contributed by atoms with Crippen molar-refractivity contribution in [2.24, 2.45) is 5.92 Å². The molecule has 3 rings (SSSR count). The number of Topliss-reactive ketones (excluding diaryl/α,β-unsaturated/α-hetero) is 1. The second-order valence-corrected chi connectivity index (χ2v) is 6.08. The van der Waals surface area contributed by atoms with E-state index in [1.54, 1.807) is 11.8 Å².